The minimum atomic E-state index is -0.371. The summed E-state index contributed by atoms with van der Waals surface area (Å²) in [6, 6.07) is 23.5. The molecule has 0 aliphatic heterocycles. The number of aromatic nitrogens is 4. The van der Waals surface area contributed by atoms with Crippen LogP contribution in [0.25, 0.3) is 22.3 Å². The Hall–Kier alpha value is -4.72. The second-order valence-corrected chi connectivity index (χ2v) is 10.7. The fourth-order valence-electron chi connectivity index (χ4n) is 5.23. The number of terminal acetylenes is 2. The maximum atomic E-state index is 9.76. The number of aliphatic hydroxyl groups is 1. The van der Waals surface area contributed by atoms with Crippen LogP contribution in [0.15, 0.2) is 79.3 Å². The molecule has 0 spiro atoms. The molecule has 2 heterocycles. The van der Waals surface area contributed by atoms with E-state index in [4.69, 9.17) is 12.8 Å². The third-order valence-electron chi connectivity index (χ3n) is 7.65. The van der Waals surface area contributed by atoms with E-state index in [0.717, 1.165) is 19.3 Å². The lowest BCUT2D eigenvalue weighted by Crippen LogP contribution is -2.38. The maximum absolute atomic E-state index is 9.76. The van der Waals surface area contributed by atoms with E-state index in [9.17, 15) is 5.11 Å². The molecule has 0 amide bonds. The first-order chi connectivity index (χ1) is 20.6. The molecule has 0 radical (unpaired) electrons. The van der Waals surface area contributed by atoms with Crippen molar-refractivity contribution in [2.24, 2.45) is 0 Å². The van der Waals surface area contributed by atoms with Crippen molar-refractivity contribution in [3.8, 4) is 47.1 Å². The van der Waals surface area contributed by atoms with Gasteiger partial charge in [0, 0.05) is 30.7 Å². The van der Waals surface area contributed by atoms with Crippen LogP contribution in [-0.4, -0.2) is 43.2 Å². The van der Waals surface area contributed by atoms with E-state index >= 15 is 0 Å². The average molecular weight is 557 g/mol. The monoisotopic (exact) mass is 556 g/mol. The van der Waals surface area contributed by atoms with Crippen molar-refractivity contribution in [2.75, 3.05) is 10.2 Å². The van der Waals surface area contributed by atoms with Crippen molar-refractivity contribution in [1.82, 2.24) is 19.9 Å². The predicted molar refractivity (Wildman–Crippen MR) is 168 cm³/mol. The van der Waals surface area contributed by atoms with Crippen LogP contribution in [0.4, 0.5) is 11.9 Å². The van der Waals surface area contributed by atoms with Gasteiger partial charge in [-0.25, -0.2) is 19.9 Å². The van der Waals surface area contributed by atoms with Crippen LogP contribution < -0.4 is 10.2 Å². The van der Waals surface area contributed by atoms with E-state index in [2.05, 4.69) is 85.7 Å². The average Bonchev–Trinajstić information content (AvgIpc) is 3.76. The topological polar surface area (TPSA) is 87.1 Å². The summed E-state index contributed by atoms with van der Waals surface area (Å²) >= 11 is 0. The highest BCUT2D eigenvalue weighted by atomic mass is 16.3. The molecule has 2 atom stereocenters. The number of fused-ring (bicyclic) bond motifs is 2. The molecule has 212 valence electrons. The highest BCUT2D eigenvalue weighted by molar-refractivity contribution is 5.81. The van der Waals surface area contributed by atoms with Crippen molar-refractivity contribution in [3.63, 3.8) is 0 Å². The molecule has 2 saturated carbocycles. The largest absolute Gasteiger partial charge is 0.391 e. The fraction of sp³-hybridized carbons (Fsp3) is 0.314. The van der Waals surface area contributed by atoms with Gasteiger partial charge < -0.3 is 10.4 Å². The molecule has 6 aliphatic carbocycles. The molecule has 0 saturated heterocycles. The summed E-state index contributed by atoms with van der Waals surface area (Å²) in [6.45, 7) is 0. The Bertz CT molecular complexity index is 1460. The van der Waals surface area contributed by atoms with Crippen molar-refractivity contribution in [1.29, 1.82) is 0 Å². The zero-order valence-corrected chi connectivity index (χ0v) is 23.7. The van der Waals surface area contributed by atoms with Gasteiger partial charge in [-0.15, -0.1) is 6.42 Å². The number of nitrogens with one attached hydrogen (secondary N) is 1. The highest BCUT2D eigenvalue weighted by Crippen LogP contribution is 2.33. The van der Waals surface area contributed by atoms with Crippen LogP contribution in [0.1, 0.15) is 57.1 Å². The molecule has 2 fully saturated rings. The minimum Gasteiger partial charge on any atom is -0.391 e. The maximum Gasteiger partial charge on any atom is 0.237 e. The first kappa shape index (κ1) is 28.8. The molecule has 0 aromatic carbocycles. The molecule has 0 bridgehead atoms. The number of rotatable bonds is 4. The van der Waals surface area contributed by atoms with Crippen LogP contribution in [0.3, 0.4) is 0 Å². The smallest absolute Gasteiger partial charge is 0.237 e. The van der Waals surface area contributed by atoms with Gasteiger partial charge in [0.1, 0.15) is 5.69 Å². The van der Waals surface area contributed by atoms with E-state index in [1.54, 1.807) is 35.6 Å². The summed E-state index contributed by atoms with van der Waals surface area (Å²) in [4.78, 5) is 18.2. The number of anilines is 2. The molecule has 6 aliphatic rings. The van der Waals surface area contributed by atoms with Crippen molar-refractivity contribution in [3.05, 3.63) is 84.9 Å². The van der Waals surface area contributed by atoms with E-state index < -0.39 is 0 Å². The van der Waals surface area contributed by atoms with Gasteiger partial charge in [0.05, 0.1) is 12.1 Å². The van der Waals surface area contributed by atoms with Crippen molar-refractivity contribution in [2.45, 2.75) is 69.6 Å². The lowest BCUT2D eigenvalue weighted by atomic mass is 9.96. The minimum absolute atomic E-state index is 0.0441. The molecule has 2 N–H and O–H groups in total. The normalized spacial score (nSPS) is 18.2. The van der Waals surface area contributed by atoms with Crippen LogP contribution in [0.2, 0.25) is 0 Å². The Morgan fingerprint density at radius 3 is 1.86 bits per heavy atom. The molecule has 7 heteroatoms. The third-order valence-corrected chi connectivity index (χ3v) is 7.65. The molecular weight excluding hydrogens is 520 g/mol. The van der Waals surface area contributed by atoms with Crippen LogP contribution in [-0.2, 0) is 0 Å². The summed E-state index contributed by atoms with van der Waals surface area (Å²) in [5.41, 5.74) is 6.35. The van der Waals surface area contributed by atoms with Gasteiger partial charge >= 0.3 is 0 Å². The van der Waals surface area contributed by atoms with E-state index in [1.165, 1.54) is 54.4 Å². The number of aliphatic hydroxyl groups excluding tert-OH is 1. The molecule has 2 aromatic heterocycles. The van der Waals surface area contributed by atoms with E-state index in [-0.39, 0.29) is 12.1 Å². The van der Waals surface area contributed by atoms with Gasteiger partial charge in [-0.2, -0.15) is 0 Å². The summed E-state index contributed by atoms with van der Waals surface area (Å²) in [7, 11) is 0. The molecule has 8 rings (SSSR count). The van der Waals surface area contributed by atoms with Crippen LogP contribution in [0, 0.1) is 24.8 Å². The summed E-state index contributed by atoms with van der Waals surface area (Å²) in [5.74, 6) is 3.67. The van der Waals surface area contributed by atoms with Crippen molar-refractivity contribution >= 4 is 11.9 Å². The van der Waals surface area contributed by atoms with Gasteiger partial charge in [-0.1, -0.05) is 68.0 Å². The molecule has 2 unspecified atom stereocenters. The highest BCUT2D eigenvalue weighted by Gasteiger charge is 2.31. The molecule has 2 aromatic rings. The first-order valence-corrected chi connectivity index (χ1v) is 14.6. The van der Waals surface area contributed by atoms with E-state index in [0.29, 0.717) is 23.6 Å². The second kappa shape index (κ2) is 14.3. The van der Waals surface area contributed by atoms with E-state index in [1.807, 2.05) is 0 Å². The number of nitrogens with zero attached hydrogens (tertiary/aromatic N) is 5. The Labute approximate surface area is 248 Å². The third kappa shape index (κ3) is 8.16. The summed E-state index contributed by atoms with van der Waals surface area (Å²) in [6.07, 6.45) is 24.4. The van der Waals surface area contributed by atoms with Crippen LogP contribution >= 0.6 is 0 Å². The molecular formula is C35H36N6O. The Morgan fingerprint density at radius 1 is 0.738 bits per heavy atom. The number of hydrogen-bond acceptors (Lipinski definition) is 7. The fourth-order valence-corrected chi connectivity index (χ4v) is 5.23. The van der Waals surface area contributed by atoms with Gasteiger partial charge in [0.25, 0.3) is 0 Å². The summed E-state index contributed by atoms with van der Waals surface area (Å²) < 4.78 is 0. The number of hydrogen-bond donors (Lipinski definition) is 2. The summed E-state index contributed by atoms with van der Waals surface area (Å²) in [5, 5.41) is 13.1. The molecule has 42 heavy (non-hydrogen) atoms. The lowest BCUT2D eigenvalue weighted by molar-refractivity contribution is 0.164. The SMILES string of the molecule is C#CN(c1ncccn1)C1CCCC1O.C#Cc1ccnc(NC2CCCCC2)n1.c1cc2cc-2c1.c1cc2cc-2c1. The second-order valence-electron chi connectivity index (χ2n) is 10.7. The Morgan fingerprint density at radius 2 is 1.38 bits per heavy atom. The zero-order valence-electron chi connectivity index (χ0n) is 23.7. The van der Waals surface area contributed by atoms with Crippen LogP contribution in [0.5, 0.6) is 0 Å². The molecule has 7 nitrogen and oxygen atoms in total. The van der Waals surface area contributed by atoms with Gasteiger partial charge in [0.15, 0.2) is 0 Å². The standard InChI is InChI=1S/C12H15N3.C11H13N3O.2C6H4/c1-2-10-8-9-13-12(14-10)15-11-6-4-3-5-7-11;1-2-14(9-5-3-6-10(9)15)11-12-7-4-8-13-11;2*1-2-5-4-6(5)3-1/h1,8-9,11H,3-7H2,(H,13,14,15);1,4,7-10,15H,3,5-6H2;2*1-4H. The Balaban J connectivity index is 0.000000121. The predicted octanol–water partition coefficient (Wildman–Crippen LogP) is 6.32. The first-order valence-electron chi connectivity index (χ1n) is 14.6. The Kier molecular flexibility index (Phi) is 9.77. The quantitative estimate of drug-likeness (QED) is 0.194. The zero-order chi connectivity index (χ0) is 29.1. The lowest BCUT2D eigenvalue weighted by Gasteiger charge is -2.24. The van der Waals surface area contributed by atoms with Gasteiger partial charge in [0.2, 0.25) is 11.9 Å². The van der Waals surface area contributed by atoms with Gasteiger partial charge in [-0.05, 0) is 78.6 Å². The van der Waals surface area contributed by atoms with Crippen molar-refractivity contribution < 1.29 is 5.11 Å². The van der Waals surface area contributed by atoms with Gasteiger partial charge in [-0.3, -0.25) is 4.90 Å². The number of benzene rings is 2.